The van der Waals surface area contributed by atoms with Crippen molar-refractivity contribution in [2.75, 3.05) is 21.3 Å². The molecule has 3 heterocycles. The van der Waals surface area contributed by atoms with E-state index in [1.54, 1.807) is 21.3 Å². The highest BCUT2D eigenvalue weighted by atomic mass is 16.5. The molecule has 0 N–H and O–H groups in total. The second kappa shape index (κ2) is 16.4. The van der Waals surface area contributed by atoms with Gasteiger partial charge in [0.15, 0.2) is 67.6 Å². The van der Waals surface area contributed by atoms with Crippen LogP contribution in [0.4, 0.5) is 0 Å². The molecule has 0 saturated heterocycles. The van der Waals surface area contributed by atoms with Gasteiger partial charge < -0.3 is 28.4 Å². The Morgan fingerprint density at radius 3 is 0.905 bits per heavy atom. The number of hydrogen-bond donors (Lipinski definition) is 0. The Balaban J connectivity index is 1.05. The first-order valence-electron chi connectivity index (χ1n) is 21.1. The molecule has 1 aliphatic rings. The average Bonchev–Trinajstić information content (AvgIpc) is 3.95. The molecular weight excluding hydrogens is 793 g/mol. The molecule has 1 aliphatic carbocycles. The van der Waals surface area contributed by atoms with Crippen LogP contribution in [0.5, 0.6) is 34.5 Å². The van der Waals surface area contributed by atoms with E-state index in [1.807, 2.05) is 57.5 Å². The number of hydrogen-bond acceptors (Lipinski definition) is 6. The second-order valence-corrected chi connectivity index (χ2v) is 16.2. The van der Waals surface area contributed by atoms with Crippen LogP contribution in [0.25, 0.3) is 33.1 Å². The minimum atomic E-state index is 0.314. The van der Waals surface area contributed by atoms with Crippen LogP contribution < -0.4 is 42.1 Å². The maximum atomic E-state index is 6.62. The summed E-state index contributed by atoms with van der Waals surface area (Å²) in [5.74, 6) is 4.01. The van der Waals surface area contributed by atoms with Crippen LogP contribution >= 0.6 is 0 Å². The summed E-state index contributed by atoms with van der Waals surface area (Å²) in [4.78, 5) is 0. The van der Waals surface area contributed by atoms with Crippen molar-refractivity contribution in [1.82, 2.24) is 13.7 Å². The predicted molar refractivity (Wildman–Crippen MR) is 239 cm³/mol. The van der Waals surface area contributed by atoms with Crippen molar-refractivity contribution in [3.05, 3.63) is 162 Å². The standard InChI is InChI=1S/C51H51N6O6/c1-52-28-55(43-16-10-7-13-40(43)52)31-61-49-25-37-19-35-23-47(59-5)51(63-33-57-30-54(3)42-15-9-12-18-45(42)57)27-39(35)21-36-24-48(60-6)50(26-38(36)20-34(37)22-46(49)58-4)62-32-56-29-53(2)41-14-8-11-17-44(41)56/h7-18,22-30H,19-21,31-33H2,1-6H3/q+3. The zero-order valence-electron chi connectivity index (χ0n) is 36.5. The van der Waals surface area contributed by atoms with Gasteiger partial charge in [0.05, 0.1) is 42.5 Å². The third-order valence-corrected chi connectivity index (χ3v) is 12.3. The lowest BCUT2D eigenvalue weighted by Crippen LogP contribution is -2.25. The number of para-hydroxylation sites is 6. The van der Waals surface area contributed by atoms with Gasteiger partial charge in [-0.25, -0.2) is 13.7 Å². The lowest BCUT2D eigenvalue weighted by atomic mass is 9.94. The first-order chi connectivity index (χ1) is 30.8. The minimum Gasteiger partial charge on any atom is -0.493 e. The molecule has 0 amide bonds. The summed E-state index contributed by atoms with van der Waals surface area (Å²) in [6, 6.07) is 37.7. The molecule has 12 nitrogen and oxygen atoms in total. The highest BCUT2D eigenvalue weighted by Crippen LogP contribution is 2.41. The molecule has 63 heavy (non-hydrogen) atoms. The van der Waals surface area contributed by atoms with Gasteiger partial charge in [-0.2, -0.15) is 13.7 Å². The Morgan fingerprint density at radius 1 is 0.381 bits per heavy atom. The SMILES string of the molecule is COc1cc2c(cc1OCn1c[n+](C)c3ccccc31)Cc1cc(OC)c(OCn3c[n+](C)c4ccccc43)cc1Cc1cc(OC)c(OCn3c[n+](C)c4ccccc43)cc1C2. The lowest BCUT2D eigenvalue weighted by molar-refractivity contribution is -0.646. The monoisotopic (exact) mass is 843 g/mol. The van der Waals surface area contributed by atoms with E-state index in [-0.39, 0.29) is 0 Å². The van der Waals surface area contributed by atoms with Gasteiger partial charge in [0.25, 0.3) is 0 Å². The van der Waals surface area contributed by atoms with Gasteiger partial charge >= 0.3 is 0 Å². The Morgan fingerprint density at radius 2 is 0.635 bits per heavy atom. The molecule has 0 fully saturated rings. The van der Waals surface area contributed by atoms with Crippen LogP contribution in [0.3, 0.4) is 0 Å². The number of imidazole rings is 3. The van der Waals surface area contributed by atoms with Gasteiger partial charge in [-0.05, 0) is 125 Å². The Hall–Kier alpha value is -7.47. The molecule has 0 saturated carbocycles. The maximum absolute atomic E-state index is 6.62. The lowest BCUT2D eigenvalue weighted by Gasteiger charge is -2.18. The zero-order valence-corrected chi connectivity index (χ0v) is 36.5. The van der Waals surface area contributed by atoms with E-state index in [2.05, 4.69) is 119 Å². The molecule has 318 valence electrons. The van der Waals surface area contributed by atoms with E-state index < -0.39 is 0 Å². The Kier molecular flexibility index (Phi) is 10.3. The van der Waals surface area contributed by atoms with E-state index >= 15 is 0 Å². The molecule has 0 unspecified atom stereocenters. The number of fused-ring (bicyclic) bond motifs is 6. The van der Waals surface area contributed by atoms with Crippen LogP contribution in [0.1, 0.15) is 33.4 Å². The fourth-order valence-electron chi connectivity index (χ4n) is 9.09. The van der Waals surface area contributed by atoms with Crippen molar-refractivity contribution in [3.8, 4) is 34.5 Å². The molecule has 12 heteroatoms. The third-order valence-electron chi connectivity index (χ3n) is 12.3. The third kappa shape index (κ3) is 7.41. The number of aromatic nitrogens is 6. The van der Waals surface area contributed by atoms with Gasteiger partial charge in [0.1, 0.15) is 0 Å². The first kappa shape index (κ1) is 39.7. The molecule has 3 aromatic heterocycles. The molecule has 6 aromatic carbocycles. The van der Waals surface area contributed by atoms with E-state index in [4.69, 9.17) is 28.4 Å². The fraction of sp³-hybridized carbons (Fsp3) is 0.235. The largest absolute Gasteiger partial charge is 0.493 e. The van der Waals surface area contributed by atoms with Gasteiger partial charge in [-0.1, -0.05) is 36.4 Å². The molecular formula is C51H51N6O6+3. The number of rotatable bonds is 12. The molecule has 9 aromatic rings. The number of methoxy groups -OCH3 is 3. The Bertz CT molecular complexity index is 2840. The summed E-state index contributed by atoms with van der Waals surface area (Å²) in [5, 5.41) is 0. The average molecular weight is 844 g/mol. The van der Waals surface area contributed by atoms with E-state index in [9.17, 15) is 0 Å². The van der Waals surface area contributed by atoms with Crippen molar-refractivity contribution in [2.45, 2.75) is 39.5 Å². The Labute approximate surface area is 365 Å². The molecule has 0 aliphatic heterocycles. The summed E-state index contributed by atoms with van der Waals surface area (Å²) < 4.78 is 50.7. The molecule has 10 rings (SSSR count). The minimum absolute atomic E-state index is 0.314. The molecule has 0 atom stereocenters. The van der Waals surface area contributed by atoms with Crippen molar-refractivity contribution in [1.29, 1.82) is 0 Å². The van der Waals surface area contributed by atoms with Crippen LogP contribution in [0, 0.1) is 0 Å². The summed E-state index contributed by atoms with van der Waals surface area (Å²) in [6.45, 7) is 0.942. The van der Waals surface area contributed by atoms with E-state index in [1.165, 1.54) is 0 Å². The van der Waals surface area contributed by atoms with Crippen LogP contribution in [-0.4, -0.2) is 35.0 Å². The van der Waals surface area contributed by atoms with Crippen molar-refractivity contribution in [2.24, 2.45) is 21.1 Å². The maximum Gasteiger partial charge on any atom is 0.247 e. The number of aryl methyl sites for hydroxylation is 3. The zero-order chi connectivity index (χ0) is 43.2. The number of ether oxygens (including phenoxy) is 6. The molecule has 0 radical (unpaired) electrons. The summed E-state index contributed by atoms with van der Waals surface area (Å²) in [6.07, 6.45) is 8.06. The normalized spacial score (nSPS) is 12.3. The predicted octanol–water partition coefficient (Wildman–Crippen LogP) is 7.25. The van der Waals surface area contributed by atoms with Gasteiger partial charge in [0.2, 0.25) is 39.2 Å². The molecule has 0 bridgehead atoms. The smallest absolute Gasteiger partial charge is 0.247 e. The van der Waals surface area contributed by atoms with Gasteiger partial charge in [-0.3, -0.25) is 0 Å². The molecule has 0 spiro atoms. The van der Waals surface area contributed by atoms with Crippen LogP contribution in [0.2, 0.25) is 0 Å². The van der Waals surface area contributed by atoms with Crippen LogP contribution in [-0.2, 0) is 60.6 Å². The van der Waals surface area contributed by atoms with Crippen LogP contribution in [0.15, 0.2) is 128 Å². The van der Waals surface area contributed by atoms with Crippen molar-refractivity contribution >= 4 is 33.1 Å². The van der Waals surface area contributed by atoms with Gasteiger partial charge in [-0.15, -0.1) is 0 Å². The van der Waals surface area contributed by atoms with Gasteiger partial charge in [0, 0.05) is 0 Å². The first-order valence-corrected chi connectivity index (χ1v) is 21.1. The van der Waals surface area contributed by atoms with E-state index in [0.29, 0.717) is 74.0 Å². The van der Waals surface area contributed by atoms with Crippen molar-refractivity contribution < 1.29 is 42.1 Å². The quantitative estimate of drug-likeness (QED) is 0.121. The summed E-state index contributed by atoms with van der Waals surface area (Å²) >= 11 is 0. The topological polar surface area (TPSA) is 81.8 Å². The summed E-state index contributed by atoms with van der Waals surface area (Å²) in [5.41, 5.74) is 13.4. The number of benzene rings is 6. The number of nitrogens with zero attached hydrogens (tertiary/aromatic N) is 6. The second-order valence-electron chi connectivity index (χ2n) is 16.2. The highest BCUT2D eigenvalue weighted by molar-refractivity contribution is 5.73. The summed E-state index contributed by atoms with van der Waals surface area (Å²) in [7, 11) is 11.2. The van der Waals surface area contributed by atoms with E-state index in [0.717, 1.165) is 66.5 Å². The highest BCUT2D eigenvalue weighted by Gasteiger charge is 2.25. The van der Waals surface area contributed by atoms with Crippen molar-refractivity contribution in [3.63, 3.8) is 0 Å². The fourth-order valence-corrected chi connectivity index (χ4v) is 9.09.